The average molecular weight is 393 g/mol. The highest BCUT2D eigenvalue weighted by Gasteiger charge is 2.19. The molecule has 3 rings (SSSR count). The number of hydrogen-bond acceptors (Lipinski definition) is 4. The topological polar surface area (TPSA) is 66.5 Å². The lowest BCUT2D eigenvalue weighted by molar-refractivity contribution is -0.115. The van der Waals surface area contributed by atoms with E-state index in [0.717, 1.165) is 18.8 Å². The Balaban J connectivity index is 1.61. The maximum atomic E-state index is 12.4. The van der Waals surface area contributed by atoms with Crippen molar-refractivity contribution in [3.05, 3.63) is 53.6 Å². The first kappa shape index (κ1) is 18.7. The third-order valence-corrected chi connectivity index (χ3v) is 6.58. The van der Waals surface area contributed by atoms with Gasteiger partial charge in [0.2, 0.25) is 5.91 Å². The molecule has 1 saturated heterocycles. The second-order valence-corrected chi connectivity index (χ2v) is 8.78. The highest BCUT2D eigenvalue weighted by atomic mass is 35.5. The molecular formula is C19H21ClN2O3S. The molecule has 7 heteroatoms. The van der Waals surface area contributed by atoms with E-state index in [1.807, 2.05) is 18.2 Å². The van der Waals surface area contributed by atoms with Gasteiger partial charge in [0.1, 0.15) is 0 Å². The van der Waals surface area contributed by atoms with E-state index in [1.54, 1.807) is 18.2 Å². The van der Waals surface area contributed by atoms with Crippen LogP contribution in [0.1, 0.15) is 19.3 Å². The molecule has 0 saturated carbocycles. The highest BCUT2D eigenvalue weighted by Crippen LogP contribution is 2.24. The van der Waals surface area contributed by atoms with Gasteiger partial charge in [0.25, 0.3) is 0 Å². The van der Waals surface area contributed by atoms with Gasteiger partial charge in [-0.05, 0) is 43.2 Å². The zero-order valence-electron chi connectivity index (χ0n) is 14.3. The predicted molar refractivity (Wildman–Crippen MR) is 105 cm³/mol. The van der Waals surface area contributed by atoms with E-state index in [-0.39, 0.29) is 28.0 Å². The molecule has 2 aromatic carbocycles. The van der Waals surface area contributed by atoms with Crippen LogP contribution >= 0.6 is 11.6 Å². The first-order valence-electron chi connectivity index (χ1n) is 8.58. The molecule has 5 nitrogen and oxygen atoms in total. The monoisotopic (exact) mass is 392 g/mol. The molecule has 1 aliphatic rings. The number of carbonyl (C=O) groups is 1. The van der Waals surface area contributed by atoms with Crippen molar-refractivity contribution < 1.29 is 13.2 Å². The molecule has 0 bridgehead atoms. The van der Waals surface area contributed by atoms with Crippen LogP contribution in [0.2, 0.25) is 5.02 Å². The van der Waals surface area contributed by atoms with Crippen molar-refractivity contribution in [1.82, 2.24) is 0 Å². The van der Waals surface area contributed by atoms with Gasteiger partial charge >= 0.3 is 0 Å². The molecule has 0 spiro atoms. The van der Waals surface area contributed by atoms with Crippen molar-refractivity contribution in [3.8, 4) is 0 Å². The molecular weight excluding hydrogens is 372 g/mol. The fourth-order valence-corrected chi connectivity index (χ4v) is 4.83. The standard InChI is InChI=1S/C19H21ClN2O3S/c20-17-8-1-2-9-18(17)26(24,25)13-10-19(23)21-15-6-5-7-16(14-15)22-11-3-4-12-22/h1-2,5-9,14H,3-4,10-13H2,(H,21,23). The largest absolute Gasteiger partial charge is 0.371 e. The number of nitrogens with one attached hydrogen (secondary N) is 1. The van der Waals surface area contributed by atoms with Gasteiger partial charge in [-0.25, -0.2) is 8.42 Å². The van der Waals surface area contributed by atoms with Crippen LogP contribution in [-0.4, -0.2) is 33.2 Å². The van der Waals surface area contributed by atoms with Crippen LogP contribution in [0, 0.1) is 0 Å². The molecule has 1 aliphatic heterocycles. The SMILES string of the molecule is O=C(CCS(=O)(=O)c1ccccc1Cl)Nc1cccc(N2CCCC2)c1. The molecule has 2 aromatic rings. The summed E-state index contributed by atoms with van der Waals surface area (Å²) in [6.07, 6.45) is 2.23. The predicted octanol–water partition coefficient (Wildman–Crippen LogP) is 3.74. The van der Waals surface area contributed by atoms with Crippen molar-refractivity contribution >= 4 is 38.7 Å². The number of anilines is 2. The van der Waals surface area contributed by atoms with Crippen LogP contribution in [0.5, 0.6) is 0 Å². The minimum Gasteiger partial charge on any atom is -0.371 e. The van der Waals surface area contributed by atoms with Gasteiger partial charge in [0.05, 0.1) is 15.7 Å². The average Bonchev–Trinajstić information content (AvgIpc) is 3.15. The number of hydrogen-bond donors (Lipinski definition) is 1. The van der Waals surface area contributed by atoms with E-state index in [0.29, 0.717) is 5.69 Å². The van der Waals surface area contributed by atoms with E-state index in [2.05, 4.69) is 10.2 Å². The molecule has 1 amide bonds. The minimum absolute atomic E-state index is 0.0606. The third kappa shape index (κ3) is 4.56. The Morgan fingerprint density at radius 1 is 1.08 bits per heavy atom. The van der Waals surface area contributed by atoms with Crippen molar-refractivity contribution in [2.45, 2.75) is 24.2 Å². The number of amides is 1. The lowest BCUT2D eigenvalue weighted by Crippen LogP contribution is -2.19. The van der Waals surface area contributed by atoms with Crippen LogP contribution in [0.4, 0.5) is 11.4 Å². The molecule has 26 heavy (non-hydrogen) atoms. The Kier molecular flexibility index (Phi) is 5.84. The number of carbonyl (C=O) groups excluding carboxylic acids is 1. The fourth-order valence-electron chi connectivity index (χ4n) is 3.01. The van der Waals surface area contributed by atoms with Gasteiger partial charge in [0, 0.05) is 30.9 Å². The summed E-state index contributed by atoms with van der Waals surface area (Å²) in [5.74, 6) is -0.617. The maximum absolute atomic E-state index is 12.4. The summed E-state index contributed by atoms with van der Waals surface area (Å²) in [6, 6.07) is 13.9. The third-order valence-electron chi connectivity index (χ3n) is 4.37. The molecule has 138 valence electrons. The first-order valence-corrected chi connectivity index (χ1v) is 10.6. The molecule has 0 atom stereocenters. The van der Waals surface area contributed by atoms with Crippen molar-refractivity contribution in [2.24, 2.45) is 0 Å². The molecule has 0 unspecified atom stereocenters. The van der Waals surface area contributed by atoms with Gasteiger partial charge in [0.15, 0.2) is 9.84 Å². The van der Waals surface area contributed by atoms with E-state index in [9.17, 15) is 13.2 Å². The van der Waals surface area contributed by atoms with E-state index in [4.69, 9.17) is 11.6 Å². The lowest BCUT2D eigenvalue weighted by atomic mass is 10.2. The molecule has 0 aromatic heterocycles. The zero-order chi connectivity index (χ0) is 18.6. The van der Waals surface area contributed by atoms with Crippen LogP contribution in [0.3, 0.4) is 0 Å². The summed E-state index contributed by atoms with van der Waals surface area (Å²) in [6.45, 7) is 2.04. The van der Waals surface area contributed by atoms with Crippen LogP contribution < -0.4 is 10.2 Å². The van der Waals surface area contributed by atoms with Crippen molar-refractivity contribution in [3.63, 3.8) is 0 Å². The number of benzene rings is 2. The smallest absolute Gasteiger partial charge is 0.225 e. The Hall–Kier alpha value is -2.05. The Labute approximate surface area is 158 Å². The second kappa shape index (κ2) is 8.10. The second-order valence-electron chi connectivity index (χ2n) is 6.29. The minimum atomic E-state index is -3.60. The maximum Gasteiger partial charge on any atom is 0.225 e. The van der Waals surface area contributed by atoms with Gasteiger partial charge in [-0.1, -0.05) is 29.8 Å². The Morgan fingerprint density at radius 3 is 2.54 bits per heavy atom. The first-order chi connectivity index (χ1) is 12.5. The highest BCUT2D eigenvalue weighted by molar-refractivity contribution is 7.91. The van der Waals surface area contributed by atoms with Crippen molar-refractivity contribution in [1.29, 1.82) is 0 Å². The molecule has 0 aliphatic carbocycles. The molecule has 0 radical (unpaired) electrons. The Morgan fingerprint density at radius 2 is 1.81 bits per heavy atom. The summed E-state index contributed by atoms with van der Waals surface area (Å²) in [4.78, 5) is 14.5. The number of halogens is 1. The summed E-state index contributed by atoms with van der Waals surface area (Å²) in [5, 5.41) is 2.95. The summed E-state index contributed by atoms with van der Waals surface area (Å²) in [7, 11) is -3.60. The number of rotatable bonds is 6. The summed E-state index contributed by atoms with van der Waals surface area (Å²) in [5.41, 5.74) is 1.75. The molecule has 1 heterocycles. The van der Waals surface area contributed by atoms with Crippen LogP contribution in [0.25, 0.3) is 0 Å². The number of sulfone groups is 1. The normalized spacial score (nSPS) is 14.4. The van der Waals surface area contributed by atoms with Gasteiger partial charge < -0.3 is 10.2 Å². The summed E-state index contributed by atoms with van der Waals surface area (Å²) < 4.78 is 24.7. The molecule has 1 fully saturated rings. The molecule has 1 N–H and O–H groups in total. The van der Waals surface area contributed by atoms with Crippen LogP contribution in [0.15, 0.2) is 53.4 Å². The van der Waals surface area contributed by atoms with E-state index < -0.39 is 9.84 Å². The van der Waals surface area contributed by atoms with Gasteiger partial charge in [-0.2, -0.15) is 0 Å². The van der Waals surface area contributed by atoms with Gasteiger partial charge in [-0.15, -0.1) is 0 Å². The quantitative estimate of drug-likeness (QED) is 0.813. The van der Waals surface area contributed by atoms with Crippen LogP contribution in [-0.2, 0) is 14.6 Å². The Bertz CT molecular complexity index is 893. The van der Waals surface area contributed by atoms with E-state index >= 15 is 0 Å². The van der Waals surface area contributed by atoms with Gasteiger partial charge in [-0.3, -0.25) is 4.79 Å². The lowest BCUT2D eigenvalue weighted by Gasteiger charge is -2.18. The zero-order valence-corrected chi connectivity index (χ0v) is 15.9. The van der Waals surface area contributed by atoms with Crippen molar-refractivity contribution in [2.75, 3.05) is 29.1 Å². The summed E-state index contributed by atoms with van der Waals surface area (Å²) >= 11 is 5.95. The fraction of sp³-hybridized carbons (Fsp3) is 0.316. The number of nitrogens with zero attached hydrogens (tertiary/aromatic N) is 1. The van der Waals surface area contributed by atoms with E-state index in [1.165, 1.54) is 25.0 Å².